The number of hydrogen-bond acceptors (Lipinski definition) is 1. The van der Waals surface area contributed by atoms with Crippen molar-refractivity contribution in [3.05, 3.63) is 69.4 Å². The van der Waals surface area contributed by atoms with Gasteiger partial charge in [0.2, 0.25) is 0 Å². The number of benzene rings is 2. The van der Waals surface area contributed by atoms with Gasteiger partial charge in [-0.3, -0.25) is 0 Å². The lowest BCUT2D eigenvalue weighted by atomic mass is 9.91. The maximum Gasteiger partial charge on any atom is 0.124 e. The summed E-state index contributed by atoms with van der Waals surface area (Å²) in [5.41, 5.74) is 9.44. The first-order chi connectivity index (χ1) is 9.10. The van der Waals surface area contributed by atoms with Crippen molar-refractivity contribution in [3.8, 4) is 0 Å². The standard InChI is InChI=1S/C16H17BrFN/c1-11-3-2-4-12(7-11)14(10-19)8-13-5-6-15(18)9-16(13)17/h2-7,9,14H,8,10,19H2,1H3. The first-order valence-electron chi connectivity index (χ1n) is 6.30. The Morgan fingerprint density at radius 2 is 2.00 bits per heavy atom. The van der Waals surface area contributed by atoms with E-state index in [1.54, 1.807) is 0 Å². The van der Waals surface area contributed by atoms with E-state index >= 15 is 0 Å². The molecule has 0 spiro atoms. The Morgan fingerprint density at radius 1 is 1.21 bits per heavy atom. The summed E-state index contributed by atoms with van der Waals surface area (Å²) in [7, 11) is 0. The largest absolute Gasteiger partial charge is 0.330 e. The van der Waals surface area contributed by atoms with Crippen molar-refractivity contribution >= 4 is 15.9 Å². The minimum absolute atomic E-state index is 0.226. The Bertz CT molecular complexity index is 568. The van der Waals surface area contributed by atoms with Crippen molar-refractivity contribution in [3.63, 3.8) is 0 Å². The predicted octanol–water partition coefficient (Wildman–Crippen LogP) is 4.18. The molecule has 0 saturated heterocycles. The first-order valence-corrected chi connectivity index (χ1v) is 7.10. The topological polar surface area (TPSA) is 26.0 Å². The normalized spacial score (nSPS) is 12.4. The maximum atomic E-state index is 13.1. The molecule has 19 heavy (non-hydrogen) atoms. The fourth-order valence-electron chi connectivity index (χ4n) is 2.21. The fourth-order valence-corrected chi connectivity index (χ4v) is 2.73. The Morgan fingerprint density at radius 3 is 2.63 bits per heavy atom. The molecule has 0 bridgehead atoms. The summed E-state index contributed by atoms with van der Waals surface area (Å²) in [5, 5.41) is 0. The highest BCUT2D eigenvalue weighted by molar-refractivity contribution is 9.10. The van der Waals surface area contributed by atoms with Gasteiger partial charge in [0.15, 0.2) is 0 Å². The molecule has 0 aromatic heterocycles. The zero-order valence-corrected chi connectivity index (χ0v) is 12.5. The number of rotatable bonds is 4. The summed E-state index contributed by atoms with van der Waals surface area (Å²) in [6.07, 6.45) is 0.806. The molecule has 0 aliphatic carbocycles. The van der Waals surface area contributed by atoms with Crippen molar-refractivity contribution < 1.29 is 4.39 Å². The summed E-state index contributed by atoms with van der Waals surface area (Å²) in [4.78, 5) is 0. The van der Waals surface area contributed by atoms with E-state index < -0.39 is 0 Å². The van der Waals surface area contributed by atoms with Gasteiger partial charge < -0.3 is 5.73 Å². The van der Waals surface area contributed by atoms with Crippen molar-refractivity contribution in [2.24, 2.45) is 5.73 Å². The van der Waals surface area contributed by atoms with Crippen molar-refractivity contribution in [2.45, 2.75) is 19.3 Å². The van der Waals surface area contributed by atoms with Gasteiger partial charge in [0.1, 0.15) is 5.82 Å². The monoisotopic (exact) mass is 321 g/mol. The number of aryl methyl sites for hydroxylation is 1. The minimum atomic E-state index is -0.226. The molecular formula is C16H17BrFN. The van der Waals surface area contributed by atoms with Crippen LogP contribution in [0.5, 0.6) is 0 Å². The lowest BCUT2D eigenvalue weighted by Crippen LogP contribution is -2.15. The van der Waals surface area contributed by atoms with E-state index in [4.69, 9.17) is 5.73 Å². The molecule has 0 saturated carbocycles. The van der Waals surface area contributed by atoms with Gasteiger partial charge in [-0.25, -0.2) is 4.39 Å². The Balaban J connectivity index is 2.24. The second-order valence-electron chi connectivity index (χ2n) is 4.79. The number of hydrogen-bond donors (Lipinski definition) is 1. The third-order valence-electron chi connectivity index (χ3n) is 3.28. The quantitative estimate of drug-likeness (QED) is 0.898. The van der Waals surface area contributed by atoms with Gasteiger partial charge in [-0.05, 0) is 43.1 Å². The summed E-state index contributed by atoms with van der Waals surface area (Å²) in [6.45, 7) is 2.65. The van der Waals surface area contributed by atoms with Gasteiger partial charge in [0, 0.05) is 10.4 Å². The van der Waals surface area contributed by atoms with Gasteiger partial charge in [0.05, 0.1) is 0 Å². The molecule has 100 valence electrons. The van der Waals surface area contributed by atoms with Crippen LogP contribution in [0.4, 0.5) is 4.39 Å². The lowest BCUT2D eigenvalue weighted by Gasteiger charge is -2.17. The predicted molar refractivity (Wildman–Crippen MR) is 80.8 cm³/mol. The van der Waals surface area contributed by atoms with Crippen molar-refractivity contribution in [1.82, 2.24) is 0 Å². The third-order valence-corrected chi connectivity index (χ3v) is 4.02. The third kappa shape index (κ3) is 3.64. The molecule has 0 radical (unpaired) electrons. The van der Waals surface area contributed by atoms with Crippen LogP contribution >= 0.6 is 15.9 Å². The Hall–Kier alpha value is -1.19. The fraction of sp³-hybridized carbons (Fsp3) is 0.250. The van der Waals surface area contributed by atoms with Crippen LogP contribution < -0.4 is 5.73 Å². The molecule has 0 aliphatic rings. The highest BCUT2D eigenvalue weighted by atomic mass is 79.9. The van der Waals surface area contributed by atoms with Crippen LogP contribution in [0.2, 0.25) is 0 Å². The molecule has 0 aliphatic heterocycles. The highest BCUT2D eigenvalue weighted by Crippen LogP contribution is 2.26. The van der Waals surface area contributed by atoms with Crippen LogP contribution in [0, 0.1) is 12.7 Å². The molecule has 2 aromatic carbocycles. The van der Waals surface area contributed by atoms with E-state index in [-0.39, 0.29) is 11.7 Å². The number of halogens is 2. The van der Waals surface area contributed by atoms with Crippen LogP contribution in [0.3, 0.4) is 0 Å². The molecule has 1 nitrogen and oxygen atoms in total. The molecule has 1 atom stereocenters. The van der Waals surface area contributed by atoms with E-state index in [0.717, 1.165) is 16.5 Å². The van der Waals surface area contributed by atoms with Crippen LogP contribution in [-0.4, -0.2) is 6.54 Å². The molecule has 2 rings (SSSR count). The van der Waals surface area contributed by atoms with E-state index in [9.17, 15) is 4.39 Å². The Labute approximate surface area is 121 Å². The zero-order chi connectivity index (χ0) is 13.8. The summed E-state index contributed by atoms with van der Waals surface area (Å²) < 4.78 is 13.9. The molecular weight excluding hydrogens is 305 g/mol. The van der Waals surface area contributed by atoms with Crippen molar-refractivity contribution in [2.75, 3.05) is 6.54 Å². The molecule has 0 heterocycles. The van der Waals surface area contributed by atoms with E-state index in [1.165, 1.54) is 23.3 Å². The lowest BCUT2D eigenvalue weighted by molar-refractivity contribution is 0.623. The number of nitrogens with two attached hydrogens (primary N) is 1. The van der Waals surface area contributed by atoms with E-state index in [2.05, 4.69) is 41.1 Å². The second-order valence-corrected chi connectivity index (χ2v) is 5.64. The van der Waals surface area contributed by atoms with E-state index in [0.29, 0.717) is 6.54 Å². The summed E-state index contributed by atoms with van der Waals surface area (Å²) in [5.74, 6) is 0.0251. The SMILES string of the molecule is Cc1cccc(C(CN)Cc2ccc(F)cc2Br)c1. The summed E-state index contributed by atoms with van der Waals surface area (Å²) >= 11 is 3.41. The Kier molecular flexibility index (Phi) is 4.72. The molecule has 0 amide bonds. The molecule has 0 fully saturated rings. The van der Waals surface area contributed by atoms with Crippen LogP contribution in [-0.2, 0) is 6.42 Å². The minimum Gasteiger partial charge on any atom is -0.330 e. The van der Waals surface area contributed by atoms with Gasteiger partial charge >= 0.3 is 0 Å². The first kappa shape index (κ1) is 14.2. The van der Waals surface area contributed by atoms with Gasteiger partial charge in [-0.15, -0.1) is 0 Å². The molecule has 2 N–H and O–H groups in total. The van der Waals surface area contributed by atoms with Crippen LogP contribution in [0.15, 0.2) is 46.9 Å². The molecule has 3 heteroatoms. The highest BCUT2D eigenvalue weighted by Gasteiger charge is 2.13. The summed E-state index contributed by atoms with van der Waals surface area (Å²) in [6, 6.07) is 13.2. The van der Waals surface area contributed by atoms with Crippen LogP contribution in [0.25, 0.3) is 0 Å². The van der Waals surface area contributed by atoms with E-state index in [1.807, 2.05) is 12.1 Å². The van der Waals surface area contributed by atoms with Crippen molar-refractivity contribution in [1.29, 1.82) is 0 Å². The zero-order valence-electron chi connectivity index (χ0n) is 10.9. The second kappa shape index (κ2) is 6.31. The average molecular weight is 322 g/mol. The van der Waals surface area contributed by atoms with Gasteiger partial charge in [-0.2, -0.15) is 0 Å². The average Bonchev–Trinajstić information content (AvgIpc) is 2.38. The van der Waals surface area contributed by atoms with Crippen LogP contribution in [0.1, 0.15) is 22.6 Å². The smallest absolute Gasteiger partial charge is 0.124 e. The van der Waals surface area contributed by atoms with Gasteiger partial charge in [0.25, 0.3) is 0 Å². The van der Waals surface area contributed by atoms with Gasteiger partial charge in [-0.1, -0.05) is 51.8 Å². The maximum absolute atomic E-state index is 13.1. The molecule has 1 unspecified atom stereocenters. The molecule has 2 aromatic rings.